The first-order chi connectivity index (χ1) is 15.1. The number of benzene rings is 1. The van der Waals surface area contributed by atoms with Crippen molar-refractivity contribution in [1.82, 2.24) is 19.7 Å². The molecule has 1 saturated heterocycles. The minimum Gasteiger partial charge on any atom is -0.459 e. The molecule has 31 heavy (non-hydrogen) atoms. The van der Waals surface area contributed by atoms with E-state index >= 15 is 0 Å². The van der Waals surface area contributed by atoms with Crippen molar-refractivity contribution in [3.8, 4) is 0 Å². The molecule has 2 amide bonds. The summed E-state index contributed by atoms with van der Waals surface area (Å²) in [6.45, 7) is 7.81. The van der Waals surface area contributed by atoms with E-state index in [0.29, 0.717) is 26.2 Å². The van der Waals surface area contributed by atoms with Gasteiger partial charge in [0, 0.05) is 56.4 Å². The predicted molar refractivity (Wildman–Crippen MR) is 120 cm³/mol. The normalized spacial score (nSPS) is 17.2. The number of piperazine rings is 1. The molecule has 0 spiro atoms. The van der Waals surface area contributed by atoms with E-state index in [0.717, 1.165) is 25.0 Å². The summed E-state index contributed by atoms with van der Waals surface area (Å²) in [5, 5.41) is 1.24. The molecule has 164 valence electrons. The van der Waals surface area contributed by atoms with E-state index in [1.807, 2.05) is 19.9 Å². The van der Waals surface area contributed by atoms with Gasteiger partial charge in [0.15, 0.2) is 5.76 Å². The average Bonchev–Trinajstić information content (AvgIpc) is 3.48. The maximum atomic E-state index is 13.3. The van der Waals surface area contributed by atoms with Crippen molar-refractivity contribution in [3.05, 3.63) is 60.2 Å². The zero-order valence-corrected chi connectivity index (χ0v) is 18.2. The maximum Gasteiger partial charge on any atom is 0.290 e. The number of carbonyl (C=O) groups is 2. The quantitative estimate of drug-likeness (QED) is 0.635. The summed E-state index contributed by atoms with van der Waals surface area (Å²) in [5.74, 6) is 0.0677. The number of carbonyl (C=O) groups excluding carboxylic acids is 2. The number of aromatic nitrogens is 1. The third kappa shape index (κ3) is 4.37. The Kier molecular flexibility index (Phi) is 6.42. The van der Waals surface area contributed by atoms with Crippen LogP contribution in [0.2, 0.25) is 0 Å². The number of amides is 2. The molecule has 1 unspecified atom stereocenters. The number of fused-ring (bicyclic) bond motifs is 1. The molecule has 7 heteroatoms. The third-order valence-corrected chi connectivity index (χ3v) is 6.19. The first-order valence-corrected chi connectivity index (χ1v) is 11.0. The van der Waals surface area contributed by atoms with E-state index in [1.165, 1.54) is 17.2 Å². The molecule has 1 aromatic carbocycles. The van der Waals surface area contributed by atoms with Crippen LogP contribution in [0.3, 0.4) is 0 Å². The van der Waals surface area contributed by atoms with Gasteiger partial charge < -0.3 is 19.2 Å². The Morgan fingerprint density at radius 1 is 1.13 bits per heavy atom. The number of aromatic amines is 1. The van der Waals surface area contributed by atoms with Crippen LogP contribution in [0.4, 0.5) is 0 Å². The Labute approximate surface area is 182 Å². The zero-order valence-electron chi connectivity index (χ0n) is 18.2. The SMILES string of the molecule is CCN(CC)C(=O)C1CN(CCc2c[nH]c3ccccc23)CCN1C(=O)c1ccco1. The van der Waals surface area contributed by atoms with Gasteiger partial charge in [0.2, 0.25) is 5.91 Å². The Bertz CT molecular complexity index is 1020. The van der Waals surface area contributed by atoms with Crippen LogP contribution in [0.15, 0.2) is 53.3 Å². The van der Waals surface area contributed by atoms with Gasteiger partial charge in [0.1, 0.15) is 6.04 Å². The fourth-order valence-corrected chi connectivity index (χ4v) is 4.40. The van der Waals surface area contributed by atoms with Crippen LogP contribution in [0.5, 0.6) is 0 Å². The molecule has 3 aromatic rings. The smallest absolute Gasteiger partial charge is 0.290 e. The van der Waals surface area contributed by atoms with E-state index in [2.05, 4.69) is 34.3 Å². The van der Waals surface area contributed by atoms with Gasteiger partial charge in [-0.15, -0.1) is 0 Å². The molecule has 1 aliphatic heterocycles. The Morgan fingerprint density at radius 2 is 1.94 bits per heavy atom. The lowest BCUT2D eigenvalue weighted by Gasteiger charge is -2.41. The number of rotatable bonds is 7. The Balaban J connectivity index is 1.49. The Hall–Kier alpha value is -3.06. The van der Waals surface area contributed by atoms with E-state index in [4.69, 9.17) is 4.42 Å². The number of hydrogen-bond acceptors (Lipinski definition) is 4. The molecule has 0 saturated carbocycles. The highest BCUT2D eigenvalue weighted by molar-refractivity contribution is 5.95. The monoisotopic (exact) mass is 422 g/mol. The second-order valence-electron chi connectivity index (χ2n) is 7.91. The molecule has 0 radical (unpaired) electrons. The van der Waals surface area contributed by atoms with Crippen molar-refractivity contribution in [2.45, 2.75) is 26.3 Å². The lowest BCUT2D eigenvalue weighted by molar-refractivity contribution is -0.137. The molecule has 0 bridgehead atoms. The number of likely N-dealkylation sites (N-methyl/N-ethyl adjacent to an activating group) is 1. The van der Waals surface area contributed by atoms with Crippen LogP contribution in [0.1, 0.15) is 30.0 Å². The average molecular weight is 423 g/mol. The standard InChI is InChI=1S/C24H30N4O3/c1-3-27(4-2)23(29)21-17-26(13-14-28(21)24(30)22-10-7-15-31-22)12-11-18-16-25-20-9-6-5-8-19(18)20/h5-10,15-16,21,25H,3-4,11-14,17H2,1-2H3. The first kappa shape index (κ1) is 21.2. The molecule has 1 N–H and O–H groups in total. The fraction of sp³-hybridized carbons (Fsp3) is 0.417. The van der Waals surface area contributed by atoms with Crippen LogP contribution < -0.4 is 0 Å². The summed E-state index contributed by atoms with van der Waals surface area (Å²) in [7, 11) is 0. The molecule has 1 aliphatic rings. The minimum atomic E-state index is -0.505. The van der Waals surface area contributed by atoms with Crippen molar-refractivity contribution in [3.63, 3.8) is 0 Å². The van der Waals surface area contributed by atoms with Gasteiger partial charge >= 0.3 is 0 Å². The van der Waals surface area contributed by atoms with Gasteiger partial charge in [-0.05, 0) is 44.0 Å². The molecular formula is C24H30N4O3. The van der Waals surface area contributed by atoms with Crippen molar-refractivity contribution in [2.24, 2.45) is 0 Å². The molecule has 3 heterocycles. The van der Waals surface area contributed by atoms with E-state index in [9.17, 15) is 9.59 Å². The molecule has 4 rings (SSSR count). The lowest BCUT2D eigenvalue weighted by atomic mass is 10.1. The number of nitrogens with zero attached hydrogens (tertiary/aromatic N) is 3. The maximum absolute atomic E-state index is 13.3. The highest BCUT2D eigenvalue weighted by atomic mass is 16.3. The number of H-pyrrole nitrogens is 1. The van der Waals surface area contributed by atoms with Crippen molar-refractivity contribution in [1.29, 1.82) is 0 Å². The molecular weight excluding hydrogens is 392 g/mol. The predicted octanol–water partition coefficient (Wildman–Crippen LogP) is 3.00. The van der Waals surface area contributed by atoms with Gasteiger partial charge in [-0.1, -0.05) is 18.2 Å². The van der Waals surface area contributed by atoms with Crippen LogP contribution in [-0.2, 0) is 11.2 Å². The largest absolute Gasteiger partial charge is 0.459 e. The minimum absolute atomic E-state index is 0.00157. The summed E-state index contributed by atoms with van der Waals surface area (Å²) in [5.41, 5.74) is 2.41. The first-order valence-electron chi connectivity index (χ1n) is 11.0. The van der Waals surface area contributed by atoms with E-state index < -0.39 is 6.04 Å². The van der Waals surface area contributed by atoms with Gasteiger partial charge in [0.05, 0.1) is 6.26 Å². The zero-order chi connectivity index (χ0) is 21.8. The number of furan rings is 1. The van der Waals surface area contributed by atoms with E-state index in [-0.39, 0.29) is 17.6 Å². The molecule has 0 aliphatic carbocycles. The molecule has 1 fully saturated rings. The van der Waals surface area contributed by atoms with Gasteiger partial charge in [-0.2, -0.15) is 0 Å². The molecule has 1 atom stereocenters. The van der Waals surface area contributed by atoms with E-state index in [1.54, 1.807) is 21.9 Å². The number of para-hydroxylation sites is 1. The summed E-state index contributed by atoms with van der Waals surface area (Å²) >= 11 is 0. The van der Waals surface area contributed by atoms with Crippen molar-refractivity contribution >= 4 is 22.7 Å². The van der Waals surface area contributed by atoms with Crippen LogP contribution in [-0.4, -0.2) is 76.8 Å². The highest BCUT2D eigenvalue weighted by Crippen LogP contribution is 2.21. The second kappa shape index (κ2) is 9.39. The van der Waals surface area contributed by atoms with Gasteiger partial charge in [0.25, 0.3) is 5.91 Å². The molecule has 7 nitrogen and oxygen atoms in total. The van der Waals surface area contributed by atoms with Gasteiger partial charge in [-0.25, -0.2) is 0 Å². The van der Waals surface area contributed by atoms with Crippen molar-refractivity contribution in [2.75, 3.05) is 39.3 Å². The van der Waals surface area contributed by atoms with Crippen LogP contribution in [0, 0.1) is 0 Å². The molecule has 2 aromatic heterocycles. The topological polar surface area (TPSA) is 72.8 Å². The third-order valence-electron chi connectivity index (χ3n) is 6.19. The number of hydrogen-bond donors (Lipinski definition) is 1. The Morgan fingerprint density at radius 3 is 2.68 bits per heavy atom. The summed E-state index contributed by atoms with van der Waals surface area (Å²) in [6.07, 6.45) is 4.45. The summed E-state index contributed by atoms with van der Waals surface area (Å²) < 4.78 is 5.32. The second-order valence-corrected chi connectivity index (χ2v) is 7.91. The number of nitrogens with one attached hydrogen (secondary N) is 1. The summed E-state index contributed by atoms with van der Waals surface area (Å²) in [6, 6.07) is 11.1. The fourth-order valence-electron chi connectivity index (χ4n) is 4.40. The highest BCUT2D eigenvalue weighted by Gasteiger charge is 2.38. The van der Waals surface area contributed by atoms with Crippen LogP contribution in [0.25, 0.3) is 10.9 Å². The summed E-state index contributed by atoms with van der Waals surface area (Å²) in [4.78, 5) is 35.4. The lowest BCUT2D eigenvalue weighted by Crippen LogP contribution is -2.61. The van der Waals surface area contributed by atoms with Gasteiger partial charge in [-0.3, -0.25) is 14.5 Å². The van der Waals surface area contributed by atoms with Crippen molar-refractivity contribution < 1.29 is 14.0 Å². The van der Waals surface area contributed by atoms with Crippen LogP contribution >= 0.6 is 0 Å².